The zero-order chi connectivity index (χ0) is 15.4. The highest BCUT2D eigenvalue weighted by molar-refractivity contribution is 5.75. The zero-order valence-electron chi connectivity index (χ0n) is 11.2. The van der Waals surface area contributed by atoms with E-state index in [9.17, 15) is 18.0 Å². The van der Waals surface area contributed by atoms with Gasteiger partial charge in [-0.2, -0.15) is 5.10 Å². The van der Waals surface area contributed by atoms with Gasteiger partial charge in [0.25, 0.3) is 0 Å². The molecule has 1 heterocycles. The number of hydrogen-bond acceptors (Lipinski definition) is 3. The first-order valence-electron chi connectivity index (χ1n) is 6.10. The van der Waals surface area contributed by atoms with Gasteiger partial charge in [-0.05, 0) is 6.07 Å². The van der Waals surface area contributed by atoms with Crippen LogP contribution in [0.15, 0.2) is 24.5 Å². The van der Waals surface area contributed by atoms with Crippen molar-refractivity contribution in [2.24, 2.45) is 0 Å². The molecule has 1 amide bonds. The van der Waals surface area contributed by atoms with Crippen LogP contribution < -0.4 is 10.6 Å². The molecule has 8 heteroatoms. The highest BCUT2D eigenvalue weighted by atomic mass is 19.2. The maximum atomic E-state index is 13.4. The molecule has 0 aliphatic carbocycles. The topological polar surface area (TPSA) is 59.0 Å². The maximum absolute atomic E-state index is 13.4. The summed E-state index contributed by atoms with van der Waals surface area (Å²) in [5.41, 5.74) is 0.524. The number of benzene rings is 1. The second-order valence-electron chi connectivity index (χ2n) is 4.31. The number of likely N-dealkylation sites (N-methyl/N-ethyl adjacent to an activating group) is 1. The summed E-state index contributed by atoms with van der Waals surface area (Å²) in [5.74, 6) is -3.38. The first-order chi connectivity index (χ1) is 9.99. The number of carbonyl (C=O) groups is 1. The summed E-state index contributed by atoms with van der Waals surface area (Å²) in [6.07, 6.45) is 2.99. The predicted molar refractivity (Wildman–Crippen MR) is 69.9 cm³/mol. The lowest BCUT2D eigenvalue weighted by molar-refractivity contribution is -0.121. The molecule has 0 saturated heterocycles. The Morgan fingerprint density at radius 3 is 2.67 bits per heavy atom. The van der Waals surface area contributed by atoms with Gasteiger partial charge in [0, 0.05) is 31.4 Å². The van der Waals surface area contributed by atoms with Crippen molar-refractivity contribution in [2.45, 2.75) is 13.1 Å². The molecule has 21 heavy (non-hydrogen) atoms. The third-order valence-electron chi connectivity index (χ3n) is 2.79. The average Bonchev–Trinajstić information content (AvgIpc) is 2.88. The van der Waals surface area contributed by atoms with Crippen molar-refractivity contribution < 1.29 is 18.0 Å². The van der Waals surface area contributed by atoms with Crippen molar-refractivity contribution in [1.29, 1.82) is 0 Å². The molecule has 2 N–H and O–H groups in total. The van der Waals surface area contributed by atoms with Crippen LogP contribution in [0.3, 0.4) is 0 Å². The molecule has 0 aliphatic heterocycles. The molecule has 0 aliphatic rings. The second-order valence-corrected chi connectivity index (χ2v) is 4.31. The molecule has 0 saturated carbocycles. The van der Waals surface area contributed by atoms with E-state index in [0.29, 0.717) is 11.8 Å². The van der Waals surface area contributed by atoms with Gasteiger partial charge in [0.15, 0.2) is 11.6 Å². The number of aromatic nitrogens is 2. The average molecular weight is 298 g/mol. The summed E-state index contributed by atoms with van der Waals surface area (Å²) in [6.45, 7) is 0.0203. The molecular weight excluding hydrogens is 285 g/mol. The molecule has 0 fully saturated rings. The van der Waals surface area contributed by atoms with E-state index in [4.69, 9.17) is 0 Å². The molecule has 112 valence electrons. The van der Waals surface area contributed by atoms with Crippen molar-refractivity contribution in [3.05, 3.63) is 47.5 Å². The van der Waals surface area contributed by atoms with Crippen LogP contribution >= 0.6 is 0 Å². The minimum absolute atomic E-state index is 0.00653. The van der Waals surface area contributed by atoms with Crippen LogP contribution in [-0.4, -0.2) is 22.7 Å². The van der Waals surface area contributed by atoms with E-state index in [2.05, 4.69) is 15.7 Å². The fraction of sp³-hybridized carbons (Fsp3) is 0.231. The number of nitrogens with zero attached hydrogens (tertiary/aromatic N) is 2. The number of amides is 1. The first kappa shape index (κ1) is 14.9. The highest BCUT2D eigenvalue weighted by Gasteiger charge is 2.10. The van der Waals surface area contributed by atoms with Gasteiger partial charge in [-0.3, -0.25) is 9.48 Å². The summed E-state index contributed by atoms with van der Waals surface area (Å²) in [5, 5.41) is 9.20. The van der Waals surface area contributed by atoms with Crippen LogP contribution in [0.5, 0.6) is 0 Å². The monoisotopic (exact) mass is 298 g/mol. The molecule has 2 rings (SSSR count). The molecule has 2 aromatic rings. The summed E-state index contributed by atoms with van der Waals surface area (Å²) >= 11 is 0. The van der Waals surface area contributed by atoms with Crippen LogP contribution in [0.25, 0.3) is 0 Å². The molecule has 1 aromatic heterocycles. The third-order valence-corrected chi connectivity index (χ3v) is 2.79. The molecule has 0 bridgehead atoms. The standard InChI is InChI=1S/C13H13F3N4O/c1-17-13(21)7-20-6-9(5-19-20)18-4-8-2-11(15)12(16)3-10(8)14/h2-3,5-6,18H,4,7H2,1H3,(H,17,21). The summed E-state index contributed by atoms with van der Waals surface area (Å²) in [6, 6.07) is 1.30. The fourth-order valence-corrected chi connectivity index (χ4v) is 1.66. The van der Waals surface area contributed by atoms with Crippen molar-refractivity contribution in [2.75, 3.05) is 12.4 Å². The number of anilines is 1. The smallest absolute Gasteiger partial charge is 0.241 e. The van der Waals surface area contributed by atoms with E-state index < -0.39 is 17.5 Å². The number of halogens is 3. The maximum Gasteiger partial charge on any atom is 0.241 e. The minimum atomic E-state index is -1.23. The molecule has 1 aromatic carbocycles. The quantitative estimate of drug-likeness (QED) is 0.825. The van der Waals surface area contributed by atoms with Crippen molar-refractivity contribution in [3.8, 4) is 0 Å². The van der Waals surface area contributed by atoms with Crippen molar-refractivity contribution in [1.82, 2.24) is 15.1 Å². The Labute approximate surface area is 118 Å². The molecule has 0 atom stereocenters. The van der Waals surface area contributed by atoms with Gasteiger partial charge in [-0.15, -0.1) is 0 Å². The summed E-state index contributed by atoms with van der Waals surface area (Å²) in [7, 11) is 1.51. The van der Waals surface area contributed by atoms with E-state index in [-0.39, 0.29) is 24.6 Å². The first-order valence-corrected chi connectivity index (χ1v) is 6.10. The highest BCUT2D eigenvalue weighted by Crippen LogP contribution is 2.15. The zero-order valence-corrected chi connectivity index (χ0v) is 11.2. The van der Waals surface area contributed by atoms with Gasteiger partial charge in [0.2, 0.25) is 5.91 Å². The van der Waals surface area contributed by atoms with Crippen LogP contribution in [-0.2, 0) is 17.9 Å². The summed E-state index contributed by atoms with van der Waals surface area (Å²) < 4.78 is 40.7. The SMILES string of the molecule is CNC(=O)Cn1cc(NCc2cc(F)c(F)cc2F)cn1. The Bertz CT molecular complexity index is 657. The molecule has 0 unspecified atom stereocenters. The van der Waals surface area contributed by atoms with E-state index in [0.717, 1.165) is 6.07 Å². The van der Waals surface area contributed by atoms with E-state index in [1.807, 2.05) is 0 Å². The Hall–Kier alpha value is -2.51. The number of carbonyl (C=O) groups excluding carboxylic acids is 1. The second kappa shape index (κ2) is 6.29. The van der Waals surface area contributed by atoms with Crippen molar-refractivity contribution in [3.63, 3.8) is 0 Å². The van der Waals surface area contributed by atoms with Crippen LogP contribution in [0.1, 0.15) is 5.56 Å². The van der Waals surface area contributed by atoms with Crippen LogP contribution in [0, 0.1) is 17.5 Å². The summed E-state index contributed by atoms with van der Waals surface area (Å²) in [4.78, 5) is 11.2. The van der Waals surface area contributed by atoms with Gasteiger partial charge in [-0.25, -0.2) is 13.2 Å². The Morgan fingerprint density at radius 1 is 1.24 bits per heavy atom. The van der Waals surface area contributed by atoms with E-state index in [1.165, 1.54) is 17.9 Å². The lowest BCUT2D eigenvalue weighted by atomic mass is 10.2. The predicted octanol–water partition coefficient (Wildman–Crippen LogP) is 1.66. The third kappa shape index (κ3) is 3.74. The lowest BCUT2D eigenvalue weighted by Gasteiger charge is -2.06. The van der Waals surface area contributed by atoms with Gasteiger partial charge >= 0.3 is 0 Å². The Kier molecular flexibility index (Phi) is 4.46. The molecule has 5 nitrogen and oxygen atoms in total. The van der Waals surface area contributed by atoms with Gasteiger partial charge < -0.3 is 10.6 Å². The normalized spacial score (nSPS) is 10.5. The van der Waals surface area contributed by atoms with Gasteiger partial charge in [-0.1, -0.05) is 0 Å². The van der Waals surface area contributed by atoms with Crippen molar-refractivity contribution >= 4 is 11.6 Å². The fourth-order valence-electron chi connectivity index (χ4n) is 1.66. The Balaban J connectivity index is 2.00. The largest absolute Gasteiger partial charge is 0.378 e. The molecule has 0 radical (unpaired) electrons. The minimum Gasteiger partial charge on any atom is -0.378 e. The van der Waals surface area contributed by atoms with Crippen LogP contribution in [0.4, 0.5) is 18.9 Å². The number of rotatable bonds is 5. The molecule has 0 spiro atoms. The van der Waals surface area contributed by atoms with E-state index >= 15 is 0 Å². The van der Waals surface area contributed by atoms with Crippen LogP contribution in [0.2, 0.25) is 0 Å². The van der Waals surface area contributed by atoms with E-state index in [1.54, 1.807) is 6.20 Å². The van der Waals surface area contributed by atoms with Gasteiger partial charge in [0.05, 0.1) is 11.9 Å². The Morgan fingerprint density at radius 2 is 1.95 bits per heavy atom. The number of hydrogen-bond donors (Lipinski definition) is 2. The lowest BCUT2D eigenvalue weighted by Crippen LogP contribution is -2.23. The molecular formula is C13H13F3N4O. The van der Waals surface area contributed by atoms with Gasteiger partial charge in [0.1, 0.15) is 12.4 Å². The number of nitrogens with one attached hydrogen (secondary N) is 2.